The molecule has 0 radical (unpaired) electrons. The molecule has 1 saturated heterocycles. The Kier molecular flexibility index (Phi) is 9.60. The van der Waals surface area contributed by atoms with Crippen molar-refractivity contribution in [1.29, 1.82) is 0 Å². The molecule has 4 rings (SSSR count). The van der Waals surface area contributed by atoms with Crippen molar-refractivity contribution in [2.45, 2.75) is 59.3 Å². The van der Waals surface area contributed by atoms with E-state index in [1.165, 1.54) is 51.1 Å². The lowest BCUT2D eigenvalue weighted by Gasteiger charge is -2.44. The van der Waals surface area contributed by atoms with Gasteiger partial charge in [-0.1, -0.05) is 42.5 Å². The first-order valence-electron chi connectivity index (χ1n) is 13.5. The first kappa shape index (κ1) is 33.3. The summed E-state index contributed by atoms with van der Waals surface area (Å²) >= 11 is 4.32. The van der Waals surface area contributed by atoms with E-state index in [1.807, 2.05) is 0 Å². The van der Waals surface area contributed by atoms with Crippen molar-refractivity contribution in [2.24, 2.45) is 0 Å². The van der Waals surface area contributed by atoms with Gasteiger partial charge in [0.1, 0.15) is 0 Å². The summed E-state index contributed by atoms with van der Waals surface area (Å²) in [5.74, 6) is 0. The maximum Gasteiger partial charge on any atom is 0.421 e. The number of rotatable bonds is 9. The van der Waals surface area contributed by atoms with E-state index in [0.717, 1.165) is 0 Å². The lowest BCUT2D eigenvalue weighted by Crippen LogP contribution is -2.59. The minimum Gasteiger partial charge on any atom is -0.376 e. The monoisotopic (exact) mass is 657 g/mol. The first-order valence-corrected chi connectivity index (χ1v) is 16.8. The van der Waals surface area contributed by atoms with Crippen LogP contribution in [0.4, 0.5) is 18.9 Å². The molecule has 0 aliphatic carbocycles. The summed E-state index contributed by atoms with van der Waals surface area (Å²) in [5.41, 5.74) is -2.97. The molecule has 1 heterocycles. The van der Waals surface area contributed by atoms with Crippen LogP contribution in [0, 0.1) is 0 Å². The second-order valence-corrected chi connectivity index (χ2v) is 15.1. The van der Waals surface area contributed by atoms with Crippen molar-refractivity contribution < 1.29 is 35.1 Å². The van der Waals surface area contributed by atoms with Crippen LogP contribution in [0.3, 0.4) is 0 Å². The van der Waals surface area contributed by atoms with Crippen LogP contribution in [0.5, 0.6) is 0 Å². The van der Waals surface area contributed by atoms with Gasteiger partial charge in [0, 0.05) is 42.8 Å². The predicted octanol–water partition coefficient (Wildman–Crippen LogP) is 4.72. The summed E-state index contributed by atoms with van der Waals surface area (Å²) < 4.78 is 97.7. The van der Waals surface area contributed by atoms with Crippen LogP contribution in [0.15, 0.2) is 93.5 Å². The summed E-state index contributed by atoms with van der Waals surface area (Å²) in [5, 5.41) is 10.1. The van der Waals surface area contributed by atoms with Crippen molar-refractivity contribution in [3.05, 3.63) is 84.4 Å². The molecule has 1 aliphatic heterocycles. The van der Waals surface area contributed by atoms with Crippen LogP contribution < -0.4 is 4.90 Å². The van der Waals surface area contributed by atoms with Crippen LogP contribution in [0.2, 0.25) is 0 Å². The van der Waals surface area contributed by atoms with Gasteiger partial charge in [-0.15, -0.1) is 12.6 Å². The molecule has 1 fully saturated rings. The molecule has 234 valence electrons. The van der Waals surface area contributed by atoms with Crippen LogP contribution in [0.25, 0.3) is 0 Å². The highest BCUT2D eigenvalue weighted by molar-refractivity contribution is 7.90. The molecule has 0 spiro atoms. The molecule has 14 heteroatoms. The minimum absolute atomic E-state index is 0.0156. The van der Waals surface area contributed by atoms with Crippen molar-refractivity contribution in [1.82, 2.24) is 8.61 Å². The van der Waals surface area contributed by atoms with Gasteiger partial charge < -0.3 is 10.0 Å². The van der Waals surface area contributed by atoms with Gasteiger partial charge in [-0.2, -0.15) is 21.8 Å². The zero-order valence-corrected chi connectivity index (χ0v) is 26.3. The van der Waals surface area contributed by atoms with Gasteiger partial charge >= 0.3 is 6.18 Å². The van der Waals surface area contributed by atoms with Gasteiger partial charge in [-0.05, 0) is 62.7 Å². The molecule has 3 aromatic carbocycles. The lowest BCUT2D eigenvalue weighted by atomic mass is 9.95. The highest BCUT2D eigenvalue weighted by atomic mass is 32.2. The summed E-state index contributed by atoms with van der Waals surface area (Å²) in [6, 6.07) is 18.1. The molecule has 1 N–H and O–H groups in total. The Labute approximate surface area is 256 Å². The number of anilines is 1. The molecule has 0 aromatic heterocycles. The van der Waals surface area contributed by atoms with Crippen molar-refractivity contribution in [3.63, 3.8) is 0 Å². The van der Waals surface area contributed by atoms with E-state index < -0.39 is 43.9 Å². The summed E-state index contributed by atoms with van der Waals surface area (Å²) in [6.07, 6.45) is -4.90. The normalized spacial score (nSPS) is 18.7. The standard InChI is InChI=1S/C29H34F3N3O5S3/c1-21(2)35(42(37,38)25-9-5-4-6-10-25)20-24-19-33(43(39,40)27-12-8-7-11-26(27)41)17-18-34(24)23-15-13-22(14-16-23)28(3,36)29(30,31)32/h4-16,21,24,36,41H,17-20H2,1-3H3/t24-,28-/m1/s1. The Bertz CT molecular complexity index is 1630. The Morgan fingerprint density at radius 2 is 1.51 bits per heavy atom. The van der Waals surface area contributed by atoms with Crippen LogP contribution >= 0.6 is 12.6 Å². The number of benzene rings is 3. The van der Waals surface area contributed by atoms with E-state index in [9.17, 15) is 35.1 Å². The van der Waals surface area contributed by atoms with E-state index in [4.69, 9.17) is 0 Å². The zero-order valence-electron chi connectivity index (χ0n) is 23.8. The second kappa shape index (κ2) is 12.4. The zero-order chi connectivity index (χ0) is 31.8. The van der Waals surface area contributed by atoms with E-state index in [1.54, 1.807) is 55.1 Å². The Balaban J connectivity index is 1.74. The molecular weight excluding hydrogens is 624 g/mol. The number of piperazine rings is 1. The van der Waals surface area contributed by atoms with Gasteiger partial charge in [0.15, 0.2) is 5.60 Å². The lowest BCUT2D eigenvalue weighted by molar-refractivity contribution is -0.258. The minimum atomic E-state index is -4.90. The Morgan fingerprint density at radius 3 is 2.07 bits per heavy atom. The van der Waals surface area contributed by atoms with Crippen LogP contribution in [-0.2, 0) is 25.6 Å². The van der Waals surface area contributed by atoms with Gasteiger partial charge in [-0.25, -0.2) is 16.8 Å². The molecule has 2 atom stereocenters. The third-order valence-electron chi connectivity index (χ3n) is 7.56. The largest absolute Gasteiger partial charge is 0.421 e. The van der Waals surface area contributed by atoms with E-state index in [-0.39, 0.29) is 46.4 Å². The first-order chi connectivity index (χ1) is 20.0. The molecule has 0 saturated carbocycles. The molecule has 0 bridgehead atoms. The van der Waals surface area contributed by atoms with Gasteiger partial charge in [0.05, 0.1) is 15.8 Å². The molecule has 3 aromatic rings. The van der Waals surface area contributed by atoms with E-state index >= 15 is 0 Å². The van der Waals surface area contributed by atoms with Gasteiger partial charge in [-0.3, -0.25) is 0 Å². The summed E-state index contributed by atoms with van der Waals surface area (Å²) in [4.78, 5) is 2.16. The average molecular weight is 658 g/mol. The van der Waals surface area contributed by atoms with E-state index in [0.29, 0.717) is 12.6 Å². The number of nitrogens with zero attached hydrogens (tertiary/aromatic N) is 3. The smallest absolute Gasteiger partial charge is 0.376 e. The van der Waals surface area contributed by atoms with Crippen LogP contribution in [0.1, 0.15) is 26.3 Å². The fourth-order valence-electron chi connectivity index (χ4n) is 5.02. The average Bonchev–Trinajstić information content (AvgIpc) is 2.95. The third kappa shape index (κ3) is 6.74. The fourth-order valence-corrected chi connectivity index (χ4v) is 8.77. The highest BCUT2D eigenvalue weighted by Gasteiger charge is 2.51. The molecular formula is C29H34F3N3O5S3. The molecule has 0 amide bonds. The number of hydrogen-bond acceptors (Lipinski definition) is 7. The maximum atomic E-state index is 13.7. The van der Waals surface area contributed by atoms with Crippen molar-refractivity contribution in [3.8, 4) is 0 Å². The SMILES string of the molecule is CC(C)N(C[C@H]1CN(S(=O)(=O)c2ccccc2S)CCN1c1ccc([C@@](C)(O)C(F)(F)F)cc1)S(=O)(=O)c1ccccc1. The second-order valence-electron chi connectivity index (χ2n) is 10.8. The number of thiol groups is 1. The fraction of sp³-hybridized carbons (Fsp3) is 0.379. The third-order valence-corrected chi connectivity index (χ3v) is 12.1. The van der Waals surface area contributed by atoms with Crippen molar-refractivity contribution >= 4 is 38.4 Å². The van der Waals surface area contributed by atoms with Crippen LogP contribution in [-0.4, -0.2) is 75.0 Å². The quantitative estimate of drug-likeness (QED) is 0.324. The molecule has 0 unspecified atom stereocenters. The number of sulfonamides is 2. The maximum absolute atomic E-state index is 13.7. The summed E-state index contributed by atoms with van der Waals surface area (Å²) in [7, 11) is -8.00. The number of hydrogen-bond donors (Lipinski definition) is 2. The number of halogens is 3. The number of aliphatic hydroxyl groups is 1. The highest BCUT2D eigenvalue weighted by Crippen LogP contribution is 2.39. The predicted molar refractivity (Wildman–Crippen MR) is 161 cm³/mol. The topological polar surface area (TPSA) is 98.2 Å². The van der Waals surface area contributed by atoms with Crippen molar-refractivity contribution in [2.75, 3.05) is 31.1 Å². The molecule has 1 aliphatic rings. The Hall–Kier alpha value is -2.62. The number of alkyl halides is 3. The summed E-state index contributed by atoms with van der Waals surface area (Å²) in [6.45, 7) is 4.07. The van der Waals surface area contributed by atoms with Gasteiger partial charge in [0.25, 0.3) is 0 Å². The molecule has 43 heavy (non-hydrogen) atoms. The van der Waals surface area contributed by atoms with E-state index in [2.05, 4.69) is 12.6 Å². The molecule has 8 nitrogen and oxygen atoms in total. The van der Waals surface area contributed by atoms with Gasteiger partial charge in [0.2, 0.25) is 20.0 Å². The Morgan fingerprint density at radius 1 is 0.930 bits per heavy atom.